The molecule has 0 radical (unpaired) electrons. The van der Waals surface area contributed by atoms with Crippen LogP contribution in [0.15, 0.2) is 0 Å². The quantitative estimate of drug-likeness (QED) is 0.464. The monoisotopic (exact) mass is 215 g/mol. The van der Waals surface area contributed by atoms with E-state index in [9.17, 15) is 4.79 Å². The molecular weight excluding hydrogens is 194 g/mol. The summed E-state index contributed by atoms with van der Waals surface area (Å²) in [5.74, 6) is 0.0952. The lowest BCUT2D eigenvalue weighted by atomic mass is 10.2. The molecule has 5 heteroatoms. The zero-order chi connectivity index (χ0) is 11.1. The van der Waals surface area contributed by atoms with E-state index in [4.69, 9.17) is 10.5 Å². The molecule has 4 N–H and O–H groups in total. The summed E-state index contributed by atoms with van der Waals surface area (Å²) >= 11 is 0. The number of nitrogens with two attached hydrogens (primary N) is 1. The van der Waals surface area contributed by atoms with E-state index in [-0.39, 0.29) is 11.9 Å². The van der Waals surface area contributed by atoms with Crippen molar-refractivity contribution in [2.45, 2.75) is 31.3 Å². The van der Waals surface area contributed by atoms with Crippen LogP contribution < -0.4 is 16.4 Å². The van der Waals surface area contributed by atoms with Crippen LogP contribution in [0.5, 0.6) is 0 Å². The summed E-state index contributed by atoms with van der Waals surface area (Å²) in [6.45, 7) is 1.84. The fourth-order valence-electron chi connectivity index (χ4n) is 1.34. The Bertz CT molecular complexity index is 195. The van der Waals surface area contributed by atoms with Gasteiger partial charge in [0.25, 0.3) is 0 Å². The Morgan fingerprint density at radius 2 is 2.33 bits per heavy atom. The second kappa shape index (κ2) is 6.76. The molecule has 1 amide bonds. The van der Waals surface area contributed by atoms with E-state index in [1.807, 2.05) is 0 Å². The standard InChI is InChI=1S/C10H21N3O2/c1-15-5-4-12-9(7-11)6-10(14)13-8-2-3-8/h8-9,12H,2-7,11H2,1H3,(H,13,14). The van der Waals surface area contributed by atoms with E-state index in [1.165, 1.54) is 0 Å². The van der Waals surface area contributed by atoms with Crippen molar-refractivity contribution in [1.82, 2.24) is 10.6 Å². The fourth-order valence-corrected chi connectivity index (χ4v) is 1.34. The predicted octanol–water partition coefficient (Wildman–Crippen LogP) is -0.782. The van der Waals surface area contributed by atoms with E-state index in [0.717, 1.165) is 19.4 Å². The third kappa shape index (κ3) is 5.71. The lowest BCUT2D eigenvalue weighted by Crippen LogP contribution is -2.42. The summed E-state index contributed by atoms with van der Waals surface area (Å²) in [5.41, 5.74) is 5.57. The van der Waals surface area contributed by atoms with Gasteiger partial charge in [0.1, 0.15) is 0 Å². The van der Waals surface area contributed by atoms with Crippen molar-refractivity contribution in [3.05, 3.63) is 0 Å². The maximum atomic E-state index is 11.5. The molecule has 1 rings (SSSR count). The molecule has 0 aromatic rings. The molecule has 15 heavy (non-hydrogen) atoms. The minimum Gasteiger partial charge on any atom is -0.383 e. The second-order valence-electron chi connectivity index (χ2n) is 3.93. The lowest BCUT2D eigenvalue weighted by Gasteiger charge is -2.16. The number of methoxy groups -OCH3 is 1. The molecule has 1 aliphatic carbocycles. The zero-order valence-electron chi connectivity index (χ0n) is 9.29. The molecule has 0 spiro atoms. The van der Waals surface area contributed by atoms with Crippen LogP contribution in [0.4, 0.5) is 0 Å². The highest BCUT2D eigenvalue weighted by molar-refractivity contribution is 5.77. The van der Waals surface area contributed by atoms with Gasteiger partial charge in [0.05, 0.1) is 6.61 Å². The van der Waals surface area contributed by atoms with E-state index in [1.54, 1.807) is 7.11 Å². The van der Waals surface area contributed by atoms with Crippen molar-refractivity contribution in [3.8, 4) is 0 Å². The first-order valence-electron chi connectivity index (χ1n) is 5.48. The highest BCUT2D eigenvalue weighted by Gasteiger charge is 2.24. The first-order chi connectivity index (χ1) is 7.26. The van der Waals surface area contributed by atoms with Gasteiger partial charge in [0.2, 0.25) is 5.91 Å². The molecule has 1 unspecified atom stereocenters. The van der Waals surface area contributed by atoms with Crippen LogP contribution in [0, 0.1) is 0 Å². The summed E-state index contributed by atoms with van der Waals surface area (Å²) in [5, 5.41) is 6.13. The molecule has 0 aromatic carbocycles. The number of ether oxygens (including phenoxy) is 1. The largest absolute Gasteiger partial charge is 0.383 e. The van der Waals surface area contributed by atoms with Gasteiger partial charge >= 0.3 is 0 Å². The molecule has 0 aromatic heterocycles. The molecule has 0 saturated heterocycles. The molecule has 1 fully saturated rings. The average Bonchev–Trinajstić information content (AvgIpc) is 3.00. The predicted molar refractivity (Wildman–Crippen MR) is 58.5 cm³/mol. The van der Waals surface area contributed by atoms with E-state index in [0.29, 0.717) is 25.6 Å². The molecule has 1 aliphatic rings. The smallest absolute Gasteiger partial charge is 0.221 e. The first-order valence-corrected chi connectivity index (χ1v) is 5.48. The minimum atomic E-state index is 0.0545. The lowest BCUT2D eigenvalue weighted by molar-refractivity contribution is -0.121. The average molecular weight is 215 g/mol. The van der Waals surface area contributed by atoms with Crippen LogP contribution in [0.25, 0.3) is 0 Å². The van der Waals surface area contributed by atoms with Crippen molar-refractivity contribution >= 4 is 5.91 Å². The third-order valence-corrected chi connectivity index (χ3v) is 2.40. The zero-order valence-corrected chi connectivity index (χ0v) is 9.29. The third-order valence-electron chi connectivity index (χ3n) is 2.40. The summed E-state index contributed by atoms with van der Waals surface area (Å²) in [6, 6.07) is 0.480. The molecule has 1 saturated carbocycles. The van der Waals surface area contributed by atoms with Crippen LogP contribution in [0.2, 0.25) is 0 Å². The summed E-state index contributed by atoms with van der Waals surface area (Å²) < 4.78 is 4.91. The van der Waals surface area contributed by atoms with Crippen LogP contribution in [-0.2, 0) is 9.53 Å². The van der Waals surface area contributed by atoms with E-state index in [2.05, 4.69) is 10.6 Å². The van der Waals surface area contributed by atoms with Crippen molar-refractivity contribution in [2.75, 3.05) is 26.8 Å². The van der Waals surface area contributed by atoms with Crippen molar-refractivity contribution < 1.29 is 9.53 Å². The Morgan fingerprint density at radius 1 is 1.60 bits per heavy atom. The van der Waals surface area contributed by atoms with Crippen molar-refractivity contribution in [2.24, 2.45) is 5.73 Å². The van der Waals surface area contributed by atoms with Gasteiger partial charge in [0.15, 0.2) is 0 Å². The fraction of sp³-hybridized carbons (Fsp3) is 0.900. The van der Waals surface area contributed by atoms with Crippen molar-refractivity contribution in [1.29, 1.82) is 0 Å². The topological polar surface area (TPSA) is 76.4 Å². The number of nitrogens with one attached hydrogen (secondary N) is 2. The number of hydrogen-bond acceptors (Lipinski definition) is 4. The molecule has 1 atom stereocenters. The summed E-state index contributed by atoms with van der Waals surface area (Å²) in [4.78, 5) is 11.5. The number of carbonyl (C=O) groups is 1. The Balaban J connectivity index is 2.10. The SMILES string of the molecule is COCCNC(CN)CC(=O)NC1CC1. The summed E-state index contributed by atoms with van der Waals surface area (Å²) in [7, 11) is 1.65. The Kier molecular flexibility index (Phi) is 5.60. The van der Waals surface area contributed by atoms with Crippen LogP contribution in [-0.4, -0.2) is 44.8 Å². The van der Waals surface area contributed by atoms with Crippen LogP contribution in [0.3, 0.4) is 0 Å². The maximum absolute atomic E-state index is 11.5. The van der Waals surface area contributed by atoms with Gasteiger partial charge < -0.3 is 21.1 Å². The van der Waals surface area contributed by atoms with Gasteiger partial charge in [0, 0.05) is 38.7 Å². The van der Waals surface area contributed by atoms with Gasteiger partial charge in [-0.05, 0) is 12.8 Å². The number of hydrogen-bond donors (Lipinski definition) is 3. The van der Waals surface area contributed by atoms with Crippen LogP contribution >= 0.6 is 0 Å². The normalized spacial score (nSPS) is 17.5. The Hall–Kier alpha value is -0.650. The van der Waals surface area contributed by atoms with Gasteiger partial charge in [-0.3, -0.25) is 4.79 Å². The molecular formula is C10H21N3O2. The van der Waals surface area contributed by atoms with Gasteiger partial charge in [-0.15, -0.1) is 0 Å². The number of rotatable bonds is 8. The first kappa shape index (κ1) is 12.4. The molecule has 0 heterocycles. The minimum absolute atomic E-state index is 0.0545. The molecule has 88 valence electrons. The summed E-state index contributed by atoms with van der Waals surface area (Å²) in [6.07, 6.45) is 2.70. The highest BCUT2D eigenvalue weighted by atomic mass is 16.5. The van der Waals surface area contributed by atoms with Gasteiger partial charge in [-0.2, -0.15) is 0 Å². The molecule has 5 nitrogen and oxygen atoms in total. The molecule has 0 aliphatic heterocycles. The number of carbonyl (C=O) groups excluding carboxylic acids is 1. The Morgan fingerprint density at radius 3 is 2.87 bits per heavy atom. The Labute approximate surface area is 90.7 Å². The van der Waals surface area contributed by atoms with Gasteiger partial charge in [-0.1, -0.05) is 0 Å². The van der Waals surface area contributed by atoms with Crippen LogP contribution in [0.1, 0.15) is 19.3 Å². The number of amides is 1. The van der Waals surface area contributed by atoms with Gasteiger partial charge in [-0.25, -0.2) is 0 Å². The highest BCUT2D eigenvalue weighted by Crippen LogP contribution is 2.18. The second-order valence-corrected chi connectivity index (χ2v) is 3.93. The molecule has 0 bridgehead atoms. The van der Waals surface area contributed by atoms with Crippen molar-refractivity contribution in [3.63, 3.8) is 0 Å². The maximum Gasteiger partial charge on any atom is 0.221 e. The van der Waals surface area contributed by atoms with E-state index >= 15 is 0 Å². The van der Waals surface area contributed by atoms with E-state index < -0.39 is 0 Å².